The zero-order chi connectivity index (χ0) is 15.4. The van der Waals surface area contributed by atoms with Gasteiger partial charge >= 0.3 is 0 Å². The second-order valence-electron chi connectivity index (χ2n) is 5.22. The summed E-state index contributed by atoms with van der Waals surface area (Å²) in [4.78, 5) is 16.5. The van der Waals surface area contributed by atoms with Gasteiger partial charge < -0.3 is 10.1 Å². The number of aliphatic imine (C=N–C) groups is 1. The molecule has 112 valence electrons. The van der Waals surface area contributed by atoms with E-state index in [-0.39, 0.29) is 5.91 Å². The van der Waals surface area contributed by atoms with Gasteiger partial charge in [-0.15, -0.1) is 0 Å². The Balaban J connectivity index is 1.51. The summed E-state index contributed by atoms with van der Waals surface area (Å²) in [7, 11) is 1.65. The first kappa shape index (κ1) is 14.3. The molecule has 0 radical (unpaired) electrons. The Labute approximate surface area is 129 Å². The van der Waals surface area contributed by atoms with Crippen LogP contribution in [0.1, 0.15) is 11.1 Å². The normalized spacial score (nSPS) is 12.5. The van der Waals surface area contributed by atoms with E-state index >= 15 is 0 Å². The summed E-state index contributed by atoms with van der Waals surface area (Å²) in [6, 6.07) is 15.7. The van der Waals surface area contributed by atoms with Crippen molar-refractivity contribution >= 4 is 17.3 Å². The first-order valence-corrected chi connectivity index (χ1v) is 7.33. The monoisotopic (exact) mass is 294 g/mol. The van der Waals surface area contributed by atoms with Crippen molar-refractivity contribution in [3.63, 3.8) is 0 Å². The van der Waals surface area contributed by atoms with E-state index in [0.717, 1.165) is 29.0 Å². The zero-order valence-corrected chi connectivity index (χ0v) is 12.5. The third-order valence-electron chi connectivity index (χ3n) is 3.73. The Hall–Kier alpha value is -2.62. The van der Waals surface area contributed by atoms with Crippen molar-refractivity contribution in [2.24, 2.45) is 4.99 Å². The standard InChI is InChI=1S/C18H18N2O2/c1-22-15-8-6-13(7-9-15)10-11-19-18(21)17-12-14-4-2-3-5-16(14)20-17/h2-9H,10-12H2,1H3,(H,19,21). The van der Waals surface area contributed by atoms with Crippen molar-refractivity contribution in [1.82, 2.24) is 5.32 Å². The lowest BCUT2D eigenvalue weighted by atomic mass is 10.1. The largest absolute Gasteiger partial charge is 0.497 e. The Morgan fingerprint density at radius 3 is 2.68 bits per heavy atom. The van der Waals surface area contributed by atoms with Crippen molar-refractivity contribution in [2.75, 3.05) is 13.7 Å². The summed E-state index contributed by atoms with van der Waals surface area (Å²) in [5.74, 6) is 0.760. The van der Waals surface area contributed by atoms with Crippen LogP contribution in [0.25, 0.3) is 0 Å². The lowest BCUT2D eigenvalue weighted by Crippen LogP contribution is -2.32. The number of hydrogen-bond donors (Lipinski definition) is 1. The van der Waals surface area contributed by atoms with Gasteiger partial charge in [-0.25, -0.2) is 4.99 Å². The number of amides is 1. The molecule has 0 saturated carbocycles. The van der Waals surface area contributed by atoms with Crippen molar-refractivity contribution in [1.29, 1.82) is 0 Å². The smallest absolute Gasteiger partial charge is 0.266 e. The van der Waals surface area contributed by atoms with Crippen molar-refractivity contribution in [3.8, 4) is 5.75 Å². The van der Waals surface area contributed by atoms with Crippen LogP contribution in [0, 0.1) is 0 Å². The summed E-state index contributed by atoms with van der Waals surface area (Å²) in [5, 5.41) is 2.94. The number of methoxy groups -OCH3 is 1. The first-order chi connectivity index (χ1) is 10.8. The average molecular weight is 294 g/mol. The second kappa shape index (κ2) is 6.43. The predicted octanol–water partition coefficient (Wildman–Crippen LogP) is 2.68. The van der Waals surface area contributed by atoms with E-state index in [1.807, 2.05) is 48.5 Å². The highest BCUT2D eigenvalue weighted by molar-refractivity contribution is 6.40. The summed E-state index contributed by atoms with van der Waals surface area (Å²) in [6.07, 6.45) is 1.40. The molecule has 2 aromatic carbocycles. The molecule has 0 atom stereocenters. The first-order valence-electron chi connectivity index (χ1n) is 7.33. The molecule has 0 fully saturated rings. The second-order valence-corrected chi connectivity index (χ2v) is 5.22. The van der Waals surface area contributed by atoms with E-state index in [2.05, 4.69) is 10.3 Å². The van der Waals surface area contributed by atoms with Gasteiger partial charge in [0, 0.05) is 13.0 Å². The minimum absolute atomic E-state index is 0.0790. The van der Waals surface area contributed by atoms with E-state index in [1.165, 1.54) is 0 Å². The maximum absolute atomic E-state index is 12.1. The quantitative estimate of drug-likeness (QED) is 0.921. The molecule has 0 unspecified atom stereocenters. The molecule has 0 bridgehead atoms. The molecular weight excluding hydrogens is 276 g/mol. The third kappa shape index (κ3) is 3.17. The van der Waals surface area contributed by atoms with Crippen LogP contribution in [0.2, 0.25) is 0 Å². The number of nitrogens with one attached hydrogen (secondary N) is 1. The van der Waals surface area contributed by atoms with Gasteiger partial charge in [-0.05, 0) is 35.7 Å². The Morgan fingerprint density at radius 1 is 1.18 bits per heavy atom. The third-order valence-corrected chi connectivity index (χ3v) is 3.73. The number of rotatable bonds is 5. The van der Waals surface area contributed by atoms with Crippen LogP contribution >= 0.6 is 0 Å². The number of ether oxygens (including phenoxy) is 1. The average Bonchev–Trinajstić information content (AvgIpc) is 2.99. The number of fused-ring (bicyclic) bond motifs is 1. The topological polar surface area (TPSA) is 50.7 Å². The van der Waals surface area contributed by atoms with Crippen LogP contribution in [0.5, 0.6) is 5.75 Å². The van der Waals surface area contributed by atoms with Gasteiger partial charge in [0.1, 0.15) is 11.5 Å². The predicted molar refractivity (Wildman–Crippen MR) is 86.9 cm³/mol. The lowest BCUT2D eigenvalue weighted by molar-refractivity contribution is -0.114. The number of hydrogen-bond acceptors (Lipinski definition) is 3. The van der Waals surface area contributed by atoms with Crippen LogP contribution < -0.4 is 10.1 Å². The summed E-state index contributed by atoms with van der Waals surface area (Å²) in [6.45, 7) is 0.598. The van der Waals surface area contributed by atoms with E-state index in [1.54, 1.807) is 7.11 Å². The molecule has 1 N–H and O–H groups in total. The van der Waals surface area contributed by atoms with Gasteiger partial charge in [-0.1, -0.05) is 30.3 Å². The van der Waals surface area contributed by atoms with Crippen LogP contribution in [0.4, 0.5) is 5.69 Å². The van der Waals surface area contributed by atoms with Crippen LogP contribution in [-0.2, 0) is 17.6 Å². The summed E-state index contributed by atoms with van der Waals surface area (Å²) in [5.41, 5.74) is 3.78. The molecule has 4 heteroatoms. The fraction of sp³-hybridized carbons (Fsp3) is 0.222. The van der Waals surface area contributed by atoms with Crippen molar-refractivity contribution in [2.45, 2.75) is 12.8 Å². The van der Waals surface area contributed by atoms with Gasteiger partial charge in [0.15, 0.2) is 0 Å². The number of carbonyl (C=O) groups excluding carboxylic acids is 1. The fourth-order valence-electron chi connectivity index (χ4n) is 2.48. The molecule has 0 spiro atoms. The maximum atomic E-state index is 12.1. The molecule has 1 aliphatic rings. The fourth-order valence-corrected chi connectivity index (χ4v) is 2.48. The van der Waals surface area contributed by atoms with Gasteiger partial charge in [-0.2, -0.15) is 0 Å². The van der Waals surface area contributed by atoms with Gasteiger partial charge in [0.05, 0.1) is 12.8 Å². The van der Waals surface area contributed by atoms with Gasteiger partial charge in [0.25, 0.3) is 5.91 Å². The Kier molecular flexibility index (Phi) is 4.19. The van der Waals surface area contributed by atoms with Crippen molar-refractivity contribution < 1.29 is 9.53 Å². The molecule has 1 aliphatic heterocycles. The van der Waals surface area contributed by atoms with E-state index in [9.17, 15) is 4.79 Å². The molecule has 0 saturated heterocycles. The Morgan fingerprint density at radius 2 is 1.95 bits per heavy atom. The SMILES string of the molecule is COc1ccc(CCNC(=O)C2=Nc3ccccc3C2)cc1. The highest BCUT2D eigenvalue weighted by atomic mass is 16.5. The minimum atomic E-state index is -0.0790. The number of carbonyl (C=O) groups is 1. The molecule has 2 aromatic rings. The summed E-state index contributed by atoms with van der Waals surface area (Å²) >= 11 is 0. The van der Waals surface area contributed by atoms with Crippen LogP contribution in [0.15, 0.2) is 53.5 Å². The molecule has 0 aromatic heterocycles. The molecule has 3 rings (SSSR count). The number of benzene rings is 2. The molecular formula is C18H18N2O2. The maximum Gasteiger partial charge on any atom is 0.266 e. The highest BCUT2D eigenvalue weighted by Gasteiger charge is 2.19. The van der Waals surface area contributed by atoms with E-state index < -0.39 is 0 Å². The zero-order valence-electron chi connectivity index (χ0n) is 12.5. The van der Waals surface area contributed by atoms with Crippen LogP contribution in [0.3, 0.4) is 0 Å². The summed E-state index contributed by atoms with van der Waals surface area (Å²) < 4.78 is 5.12. The molecule has 1 amide bonds. The molecule has 4 nitrogen and oxygen atoms in total. The highest BCUT2D eigenvalue weighted by Crippen LogP contribution is 2.25. The lowest BCUT2D eigenvalue weighted by Gasteiger charge is -2.06. The van der Waals surface area contributed by atoms with Crippen molar-refractivity contribution in [3.05, 3.63) is 59.7 Å². The van der Waals surface area contributed by atoms with Crippen LogP contribution in [-0.4, -0.2) is 25.3 Å². The number of para-hydroxylation sites is 1. The van der Waals surface area contributed by atoms with E-state index in [0.29, 0.717) is 18.7 Å². The molecule has 0 aliphatic carbocycles. The van der Waals surface area contributed by atoms with Gasteiger partial charge in [0.2, 0.25) is 0 Å². The van der Waals surface area contributed by atoms with Gasteiger partial charge in [-0.3, -0.25) is 4.79 Å². The molecule has 22 heavy (non-hydrogen) atoms. The Bertz CT molecular complexity index is 705. The number of nitrogens with zero attached hydrogens (tertiary/aromatic N) is 1. The molecule has 1 heterocycles. The van der Waals surface area contributed by atoms with E-state index in [4.69, 9.17) is 4.74 Å². The minimum Gasteiger partial charge on any atom is -0.497 e.